The van der Waals surface area contributed by atoms with E-state index in [-0.39, 0.29) is 11.4 Å². The number of rotatable bonds is 3. The number of hydrogen-bond acceptors (Lipinski definition) is 3. The first-order valence-corrected chi connectivity index (χ1v) is 7.96. The lowest BCUT2D eigenvalue weighted by Gasteiger charge is -2.23. The number of nitrogens with one attached hydrogen (secondary N) is 1. The van der Waals surface area contributed by atoms with E-state index < -0.39 is 0 Å². The molecule has 1 aliphatic heterocycles. The van der Waals surface area contributed by atoms with E-state index in [0.29, 0.717) is 13.2 Å². The topological polar surface area (TPSA) is 47.6 Å². The van der Waals surface area contributed by atoms with Crippen molar-refractivity contribution in [3.8, 4) is 11.5 Å². The predicted molar refractivity (Wildman–Crippen MR) is 87.0 cm³/mol. The van der Waals surface area contributed by atoms with Crippen LogP contribution in [0.2, 0.25) is 0 Å². The van der Waals surface area contributed by atoms with Crippen LogP contribution in [0.1, 0.15) is 34.3 Å². The molecule has 4 nitrogen and oxygen atoms in total. The Morgan fingerprint density at radius 1 is 1.04 bits per heavy atom. The smallest absolute Gasteiger partial charge is 0.252 e. The summed E-state index contributed by atoms with van der Waals surface area (Å²) in [5.41, 5.74) is 2.54. The van der Waals surface area contributed by atoms with Crippen molar-refractivity contribution >= 4 is 5.91 Å². The highest BCUT2D eigenvalue weighted by molar-refractivity contribution is 5.96. The molecule has 0 aromatic heterocycles. The normalized spacial score (nSPS) is 17.4. The van der Waals surface area contributed by atoms with Gasteiger partial charge >= 0.3 is 0 Å². The average Bonchev–Trinajstić information content (AvgIpc) is 3.35. The summed E-state index contributed by atoms with van der Waals surface area (Å²) in [6, 6.07) is 13.6. The van der Waals surface area contributed by atoms with Crippen molar-refractivity contribution in [1.29, 1.82) is 0 Å². The van der Waals surface area contributed by atoms with Gasteiger partial charge in [0.05, 0.1) is 5.54 Å². The Kier molecular flexibility index (Phi) is 3.26. The minimum absolute atomic E-state index is 0.0181. The van der Waals surface area contributed by atoms with Crippen molar-refractivity contribution in [2.75, 3.05) is 13.2 Å². The van der Waals surface area contributed by atoms with Gasteiger partial charge in [0.1, 0.15) is 13.2 Å². The molecule has 4 heteroatoms. The van der Waals surface area contributed by atoms with Crippen molar-refractivity contribution in [3.05, 3.63) is 59.2 Å². The van der Waals surface area contributed by atoms with Crippen molar-refractivity contribution in [2.24, 2.45) is 0 Å². The van der Waals surface area contributed by atoms with Gasteiger partial charge < -0.3 is 14.8 Å². The molecule has 0 bridgehead atoms. The molecule has 1 N–H and O–H groups in total. The molecule has 1 fully saturated rings. The minimum atomic E-state index is -0.269. The first-order chi connectivity index (χ1) is 11.2. The number of fused-ring (bicyclic) bond motifs is 1. The molecule has 0 saturated heterocycles. The van der Waals surface area contributed by atoms with Gasteiger partial charge in [-0.15, -0.1) is 0 Å². The fraction of sp³-hybridized carbons (Fsp3) is 0.316. The van der Waals surface area contributed by atoms with E-state index in [0.717, 1.165) is 41.0 Å². The first kappa shape index (κ1) is 14.1. The largest absolute Gasteiger partial charge is 0.486 e. The second-order valence-corrected chi connectivity index (χ2v) is 6.21. The van der Waals surface area contributed by atoms with Gasteiger partial charge in [0.15, 0.2) is 11.5 Å². The van der Waals surface area contributed by atoms with Crippen molar-refractivity contribution < 1.29 is 14.3 Å². The SMILES string of the molecule is Cc1ccccc1C(=O)NC1(c2ccc3c(c2)OCCO3)CC1. The molecular formula is C19H19NO3. The van der Waals surface area contributed by atoms with Crippen molar-refractivity contribution in [1.82, 2.24) is 5.32 Å². The molecule has 1 amide bonds. The highest BCUT2D eigenvalue weighted by Crippen LogP contribution is 2.48. The van der Waals surface area contributed by atoms with Crippen LogP contribution >= 0.6 is 0 Å². The maximum absolute atomic E-state index is 12.6. The Labute approximate surface area is 135 Å². The van der Waals surface area contributed by atoms with E-state index in [2.05, 4.69) is 5.32 Å². The summed E-state index contributed by atoms with van der Waals surface area (Å²) in [4.78, 5) is 12.6. The fourth-order valence-electron chi connectivity index (χ4n) is 3.06. The third kappa shape index (κ3) is 2.54. The number of hydrogen-bond donors (Lipinski definition) is 1. The third-order valence-corrected chi connectivity index (χ3v) is 4.59. The molecular weight excluding hydrogens is 290 g/mol. The minimum Gasteiger partial charge on any atom is -0.486 e. The molecule has 1 aliphatic carbocycles. The van der Waals surface area contributed by atoms with Gasteiger partial charge in [-0.1, -0.05) is 24.3 Å². The first-order valence-electron chi connectivity index (χ1n) is 7.96. The Bertz CT molecular complexity index is 765. The van der Waals surface area contributed by atoms with E-state index in [9.17, 15) is 4.79 Å². The van der Waals surface area contributed by atoms with Crippen LogP contribution in [0.3, 0.4) is 0 Å². The zero-order valence-electron chi connectivity index (χ0n) is 13.1. The molecule has 4 rings (SSSR count). The lowest BCUT2D eigenvalue weighted by molar-refractivity contribution is 0.0930. The fourth-order valence-corrected chi connectivity index (χ4v) is 3.06. The Morgan fingerprint density at radius 3 is 2.52 bits per heavy atom. The second-order valence-electron chi connectivity index (χ2n) is 6.21. The van der Waals surface area contributed by atoms with Gasteiger partial charge in [-0.05, 0) is 49.1 Å². The number of benzene rings is 2. The van der Waals surface area contributed by atoms with Crippen LogP contribution < -0.4 is 14.8 Å². The summed E-state index contributed by atoms with van der Waals surface area (Å²) in [6.45, 7) is 3.11. The average molecular weight is 309 g/mol. The van der Waals surface area contributed by atoms with Gasteiger partial charge in [-0.3, -0.25) is 4.79 Å². The Balaban J connectivity index is 1.59. The van der Waals surface area contributed by atoms with Gasteiger partial charge in [0, 0.05) is 5.56 Å². The molecule has 23 heavy (non-hydrogen) atoms. The summed E-state index contributed by atoms with van der Waals surface area (Å²) in [7, 11) is 0. The molecule has 0 radical (unpaired) electrons. The Hall–Kier alpha value is -2.49. The lowest BCUT2D eigenvalue weighted by Crippen LogP contribution is -2.35. The van der Waals surface area contributed by atoms with Crippen LogP contribution in [0.4, 0.5) is 0 Å². The molecule has 2 aromatic rings. The molecule has 0 spiro atoms. The van der Waals surface area contributed by atoms with Crippen molar-refractivity contribution in [3.63, 3.8) is 0 Å². The van der Waals surface area contributed by atoms with E-state index in [1.54, 1.807) is 0 Å². The predicted octanol–water partition coefficient (Wildman–Crippen LogP) is 3.19. The summed E-state index contributed by atoms with van der Waals surface area (Å²) < 4.78 is 11.2. The third-order valence-electron chi connectivity index (χ3n) is 4.59. The maximum atomic E-state index is 12.6. The van der Waals surface area contributed by atoms with Crippen LogP contribution in [-0.2, 0) is 5.54 Å². The summed E-state index contributed by atoms with van der Waals surface area (Å²) in [5.74, 6) is 1.53. The van der Waals surface area contributed by atoms with E-state index in [1.807, 2.05) is 49.4 Å². The van der Waals surface area contributed by atoms with Gasteiger partial charge in [-0.2, -0.15) is 0 Å². The molecule has 1 heterocycles. The number of carbonyl (C=O) groups is 1. The molecule has 0 unspecified atom stereocenters. The molecule has 2 aromatic carbocycles. The number of carbonyl (C=O) groups excluding carboxylic acids is 1. The van der Waals surface area contributed by atoms with Crippen LogP contribution in [0.15, 0.2) is 42.5 Å². The molecule has 2 aliphatic rings. The summed E-state index contributed by atoms with van der Waals surface area (Å²) >= 11 is 0. The standard InChI is InChI=1S/C19H19NO3/c1-13-4-2-3-5-15(13)18(21)20-19(8-9-19)14-6-7-16-17(12-14)23-11-10-22-16/h2-7,12H,8-11H2,1H3,(H,20,21). The molecule has 0 atom stereocenters. The van der Waals surface area contributed by atoms with Gasteiger partial charge in [-0.25, -0.2) is 0 Å². The van der Waals surface area contributed by atoms with Crippen LogP contribution in [0.5, 0.6) is 11.5 Å². The lowest BCUT2D eigenvalue weighted by atomic mass is 10.0. The molecule has 118 valence electrons. The zero-order valence-corrected chi connectivity index (χ0v) is 13.1. The number of aryl methyl sites for hydroxylation is 1. The van der Waals surface area contributed by atoms with Crippen LogP contribution in [-0.4, -0.2) is 19.1 Å². The van der Waals surface area contributed by atoms with Gasteiger partial charge in [0.25, 0.3) is 5.91 Å². The monoisotopic (exact) mass is 309 g/mol. The second kappa shape index (κ2) is 5.30. The zero-order chi connectivity index (χ0) is 15.9. The Morgan fingerprint density at radius 2 is 1.78 bits per heavy atom. The summed E-state index contributed by atoms with van der Waals surface area (Å²) in [6.07, 6.45) is 1.90. The van der Waals surface area contributed by atoms with Crippen LogP contribution in [0, 0.1) is 6.92 Å². The maximum Gasteiger partial charge on any atom is 0.252 e. The van der Waals surface area contributed by atoms with E-state index in [4.69, 9.17) is 9.47 Å². The van der Waals surface area contributed by atoms with E-state index in [1.165, 1.54) is 0 Å². The quantitative estimate of drug-likeness (QED) is 0.947. The van der Waals surface area contributed by atoms with E-state index >= 15 is 0 Å². The van der Waals surface area contributed by atoms with Gasteiger partial charge in [0.2, 0.25) is 0 Å². The highest BCUT2D eigenvalue weighted by Gasteiger charge is 2.46. The van der Waals surface area contributed by atoms with Crippen LogP contribution in [0.25, 0.3) is 0 Å². The molecule has 1 saturated carbocycles. The summed E-state index contributed by atoms with van der Waals surface area (Å²) in [5, 5.41) is 3.21. The highest BCUT2D eigenvalue weighted by atomic mass is 16.6. The number of amides is 1. The number of ether oxygens (including phenoxy) is 2. The van der Waals surface area contributed by atoms with Crippen molar-refractivity contribution in [2.45, 2.75) is 25.3 Å².